The molecule has 0 heterocycles. The summed E-state index contributed by atoms with van der Waals surface area (Å²) in [7, 11) is 4.00. The van der Waals surface area contributed by atoms with Crippen LogP contribution < -0.4 is 0 Å². The third-order valence-corrected chi connectivity index (χ3v) is 6.60. The molecule has 0 saturated carbocycles. The molecule has 0 radical (unpaired) electrons. The monoisotopic (exact) mass is 327 g/mol. The van der Waals surface area contributed by atoms with Crippen LogP contribution in [-0.4, -0.2) is 38.1 Å². The molecule has 0 aromatic rings. The molecule has 0 amide bonds. The molecule has 0 aliphatic rings. The van der Waals surface area contributed by atoms with Gasteiger partial charge < -0.3 is 9.64 Å². The smallest absolute Gasteiger partial charge is 0.312 e. The molecule has 0 rings (SSSR count). The number of rotatable bonds is 11. The van der Waals surface area contributed by atoms with Crippen molar-refractivity contribution in [2.45, 2.75) is 80.6 Å². The third kappa shape index (κ3) is 5.48. The van der Waals surface area contributed by atoms with Crippen LogP contribution in [0.15, 0.2) is 0 Å². The second-order valence-corrected chi connectivity index (χ2v) is 8.23. The molecule has 0 spiro atoms. The van der Waals surface area contributed by atoms with Gasteiger partial charge in [0.2, 0.25) is 0 Å². The highest BCUT2D eigenvalue weighted by Gasteiger charge is 2.51. The number of carbonyl (C=O) groups excluding carboxylic acids is 1. The van der Waals surface area contributed by atoms with E-state index in [0.717, 1.165) is 38.6 Å². The number of carbonyl (C=O) groups is 1. The average molecular weight is 328 g/mol. The summed E-state index contributed by atoms with van der Waals surface area (Å²) in [4.78, 5) is 15.1. The minimum absolute atomic E-state index is 0.0151. The highest BCUT2D eigenvalue weighted by atomic mass is 16.5. The van der Waals surface area contributed by atoms with Gasteiger partial charge in [-0.1, -0.05) is 54.4 Å². The highest BCUT2D eigenvalue weighted by Crippen LogP contribution is 2.53. The van der Waals surface area contributed by atoms with Crippen LogP contribution in [0.3, 0.4) is 0 Å². The maximum Gasteiger partial charge on any atom is 0.312 e. The predicted octanol–water partition coefficient (Wildman–Crippen LogP) is 5.14. The standard InChI is InChI=1S/C20H41NO2/c1-10-18(5,11-2)16-20(7,19(6,12-3)13-4)17(22)23-15-14-21(8)9/h10-16H2,1-9H3. The van der Waals surface area contributed by atoms with E-state index in [9.17, 15) is 4.79 Å². The highest BCUT2D eigenvalue weighted by molar-refractivity contribution is 5.77. The van der Waals surface area contributed by atoms with Gasteiger partial charge in [-0.3, -0.25) is 4.79 Å². The third-order valence-electron chi connectivity index (χ3n) is 6.60. The predicted molar refractivity (Wildman–Crippen MR) is 99.6 cm³/mol. The fraction of sp³-hybridized carbons (Fsp3) is 0.950. The Labute approximate surface area is 145 Å². The number of ether oxygens (including phenoxy) is 1. The maximum atomic E-state index is 13.1. The number of nitrogens with zero attached hydrogens (tertiary/aromatic N) is 1. The molecular formula is C20H41NO2. The van der Waals surface area contributed by atoms with E-state index in [2.05, 4.69) is 48.5 Å². The van der Waals surface area contributed by atoms with Crippen molar-refractivity contribution in [1.82, 2.24) is 4.90 Å². The Bertz CT molecular complexity index is 357. The fourth-order valence-corrected chi connectivity index (χ4v) is 3.40. The number of hydrogen-bond donors (Lipinski definition) is 0. The van der Waals surface area contributed by atoms with E-state index < -0.39 is 5.41 Å². The summed E-state index contributed by atoms with van der Waals surface area (Å²) in [5.74, 6) is -0.0151. The first-order chi connectivity index (χ1) is 10.5. The molecule has 0 saturated heterocycles. The quantitative estimate of drug-likeness (QED) is 0.492. The molecule has 1 unspecified atom stereocenters. The first-order valence-electron chi connectivity index (χ1n) is 9.36. The SMILES string of the molecule is CCC(C)(CC)CC(C)(C(=O)OCCN(C)C)C(C)(CC)CC. The minimum atomic E-state index is -0.441. The van der Waals surface area contributed by atoms with Crippen LogP contribution in [0.4, 0.5) is 0 Å². The second kappa shape index (κ2) is 9.05. The van der Waals surface area contributed by atoms with Crippen molar-refractivity contribution in [3.05, 3.63) is 0 Å². The minimum Gasteiger partial charge on any atom is -0.464 e. The van der Waals surface area contributed by atoms with Gasteiger partial charge in [-0.15, -0.1) is 0 Å². The molecule has 0 aromatic carbocycles. The summed E-state index contributed by atoms with van der Waals surface area (Å²) in [6.07, 6.45) is 5.06. The molecule has 0 aromatic heterocycles. The normalized spacial score (nSPS) is 15.6. The maximum absolute atomic E-state index is 13.1. The molecule has 1 atom stereocenters. The molecule has 3 nitrogen and oxygen atoms in total. The van der Waals surface area contributed by atoms with Gasteiger partial charge in [0, 0.05) is 6.54 Å². The lowest BCUT2D eigenvalue weighted by Crippen LogP contribution is -2.47. The van der Waals surface area contributed by atoms with E-state index in [4.69, 9.17) is 4.74 Å². The van der Waals surface area contributed by atoms with E-state index in [1.165, 1.54) is 0 Å². The Morgan fingerprint density at radius 3 is 1.74 bits per heavy atom. The molecule has 23 heavy (non-hydrogen) atoms. The van der Waals surface area contributed by atoms with Gasteiger partial charge in [0.05, 0.1) is 5.41 Å². The van der Waals surface area contributed by atoms with Crippen LogP contribution in [0.5, 0.6) is 0 Å². The zero-order valence-electron chi connectivity index (χ0n) is 17.2. The van der Waals surface area contributed by atoms with E-state index >= 15 is 0 Å². The van der Waals surface area contributed by atoms with Gasteiger partial charge in [0.25, 0.3) is 0 Å². The number of hydrogen-bond acceptors (Lipinski definition) is 3. The molecule has 0 aliphatic heterocycles. The summed E-state index contributed by atoms with van der Waals surface area (Å²) in [6.45, 7) is 16.8. The fourth-order valence-electron chi connectivity index (χ4n) is 3.40. The summed E-state index contributed by atoms with van der Waals surface area (Å²) in [5.41, 5.74) is -0.293. The van der Waals surface area contributed by atoms with Crippen molar-refractivity contribution in [3.8, 4) is 0 Å². The summed E-state index contributed by atoms with van der Waals surface area (Å²) in [5, 5.41) is 0. The lowest BCUT2D eigenvalue weighted by molar-refractivity contribution is -0.168. The summed E-state index contributed by atoms with van der Waals surface area (Å²) < 4.78 is 5.72. The average Bonchev–Trinajstić information content (AvgIpc) is 2.52. The van der Waals surface area contributed by atoms with Crippen molar-refractivity contribution in [2.75, 3.05) is 27.2 Å². The Kier molecular flexibility index (Phi) is 8.83. The topological polar surface area (TPSA) is 29.5 Å². The van der Waals surface area contributed by atoms with E-state index in [1.54, 1.807) is 0 Å². The largest absolute Gasteiger partial charge is 0.464 e. The first-order valence-corrected chi connectivity index (χ1v) is 9.36. The Morgan fingerprint density at radius 2 is 1.39 bits per heavy atom. The van der Waals surface area contributed by atoms with Crippen LogP contribution in [0.25, 0.3) is 0 Å². The van der Waals surface area contributed by atoms with Gasteiger partial charge >= 0.3 is 5.97 Å². The van der Waals surface area contributed by atoms with Crippen molar-refractivity contribution in [3.63, 3.8) is 0 Å². The van der Waals surface area contributed by atoms with Crippen molar-refractivity contribution in [2.24, 2.45) is 16.2 Å². The van der Waals surface area contributed by atoms with Gasteiger partial charge in [-0.2, -0.15) is 0 Å². The number of likely N-dealkylation sites (N-methyl/N-ethyl adjacent to an activating group) is 1. The lowest BCUT2D eigenvalue weighted by atomic mass is 9.56. The summed E-state index contributed by atoms with van der Waals surface area (Å²) >= 11 is 0. The van der Waals surface area contributed by atoms with Crippen molar-refractivity contribution >= 4 is 5.97 Å². The molecule has 0 fully saturated rings. The van der Waals surface area contributed by atoms with E-state index in [-0.39, 0.29) is 16.8 Å². The van der Waals surface area contributed by atoms with Crippen LogP contribution in [0.1, 0.15) is 80.6 Å². The van der Waals surface area contributed by atoms with Crippen LogP contribution in [-0.2, 0) is 9.53 Å². The molecule has 0 N–H and O–H groups in total. The number of esters is 1. The second-order valence-electron chi connectivity index (χ2n) is 8.23. The molecule has 0 aliphatic carbocycles. The van der Waals surface area contributed by atoms with Crippen LogP contribution in [0.2, 0.25) is 0 Å². The van der Waals surface area contributed by atoms with Gasteiger partial charge in [-0.25, -0.2) is 0 Å². The van der Waals surface area contributed by atoms with Gasteiger partial charge in [-0.05, 0) is 51.1 Å². The zero-order valence-corrected chi connectivity index (χ0v) is 17.2. The van der Waals surface area contributed by atoms with Crippen molar-refractivity contribution in [1.29, 1.82) is 0 Å². The Hall–Kier alpha value is -0.570. The van der Waals surface area contributed by atoms with Crippen LogP contribution >= 0.6 is 0 Å². The van der Waals surface area contributed by atoms with Gasteiger partial charge in [0.1, 0.15) is 6.61 Å². The molecule has 3 heteroatoms. The molecule has 138 valence electrons. The van der Waals surface area contributed by atoms with Crippen LogP contribution in [0, 0.1) is 16.2 Å². The molecule has 0 bridgehead atoms. The Morgan fingerprint density at radius 1 is 0.913 bits per heavy atom. The first kappa shape index (κ1) is 22.4. The van der Waals surface area contributed by atoms with Crippen molar-refractivity contribution < 1.29 is 9.53 Å². The zero-order chi connectivity index (χ0) is 18.3. The molecular weight excluding hydrogens is 286 g/mol. The Balaban J connectivity index is 5.49. The summed E-state index contributed by atoms with van der Waals surface area (Å²) in [6, 6.07) is 0. The lowest BCUT2D eigenvalue weighted by Gasteiger charge is -2.48. The van der Waals surface area contributed by atoms with E-state index in [0.29, 0.717) is 6.61 Å². The van der Waals surface area contributed by atoms with Gasteiger partial charge in [0.15, 0.2) is 0 Å². The van der Waals surface area contributed by atoms with E-state index in [1.807, 2.05) is 19.0 Å².